The first-order chi connectivity index (χ1) is 18.0. The lowest BCUT2D eigenvalue weighted by Gasteiger charge is -2.27. The lowest BCUT2D eigenvalue weighted by molar-refractivity contribution is -0.128. The van der Waals surface area contributed by atoms with Crippen LogP contribution in [0, 0.1) is 0 Å². The Bertz CT molecular complexity index is 1540. The molecule has 182 valence electrons. The van der Waals surface area contributed by atoms with Gasteiger partial charge in [0.15, 0.2) is 5.11 Å². The van der Waals surface area contributed by atoms with Crippen LogP contribution in [0.15, 0.2) is 109 Å². The summed E-state index contributed by atoms with van der Waals surface area (Å²) in [5.74, 6) is -0.997. The summed E-state index contributed by atoms with van der Waals surface area (Å²) in [6.07, 6.45) is 3.20. The largest absolute Gasteiger partial charge is 0.309 e. The normalized spacial score (nSPS) is 14.7. The fourth-order valence-electron chi connectivity index (χ4n) is 4.36. The van der Waals surface area contributed by atoms with E-state index in [-0.39, 0.29) is 17.2 Å². The van der Waals surface area contributed by atoms with E-state index in [0.29, 0.717) is 10.6 Å². The van der Waals surface area contributed by atoms with E-state index in [1.165, 1.54) is 4.90 Å². The van der Waals surface area contributed by atoms with Crippen LogP contribution in [-0.2, 0) is 9.59 Å². The number of halogens is 1. The van der Waals surface area contributed by atoms with Gasteiger partial charge in [0.2, 0.25) is 0 Å². The van der Waals surface area contributed by atoms with Crippen molar-refractivity contribution in [1.82, 2.24) is 14.8 Å². The van der Waals surface area contributed by atoms with Crippen molar-refractivity contribution in [3.8, 4) is 28.2 Å². The standard InChI is InChI=1S/C30H22ClN3O2S/c1-2-17-33-29(36)25(28(35)32-30(33)37)18-22-19-26(20-9-5-3-6-10-20)34(24-15-13-23(31)14-16-24)27(22)21-11-7-4-8-12-21/h2-16,18-19H,1,17H2,(H,32,35,37)/b25-18-. The third kappa shape index (κ3) is 4.77. The van der Waals surface area contributed by atoms with Gasteiger partial charge < -0.3 is 4.57 Å². The van der Waals surface area contributed by atoms with Crippen LogP contribution in [0.5, 0.6) is 0 Å². The van der Waals surface area contributed by atoms with Gasteiger partial charge in [-0.25, -0.2) is 0 Å². The van der Waals surface area contributed by atoms with Crippen molar-refractivity contribution in [3.05, 3.63) is 120 Å². The lowest BCUT2D eigenvalue weighted by Crippen LogP contribution is -2.53. The van der Waals surface area contributed by atoms with Crippen molar-refractivity contribution < 1.29 is 9.59 Å². The summed E-state index contributed by atoms with van der Waals surface area (Å²) >= 11 is 11.4. The summed E-state index contributed by atoms with van der Waals surface area (Å²) in [5.41, 5.74) is 5.24. The molecule has 0 bridgehead atoms. The van der Waals surface area contributed by atoms with Crippen molar-refractivity contribution >= 4 is 46.8 Å². The van der Waals surface area contributed by atoms with Crippen LogP contribution in [0.3, 0.4) is 0 Å². The summed E-state index contributed by atoms with van der Waals surface area (Å²) in [5, 5.41) is 3.32. The fourth-order valence-corrected chi connectivity index (χ4v) is 4.73. The highest BCUT2D eigenvalue weighted by Crippen LogP contribution is 2.37. The minimum atomic E-state index is -0.533. The van der Waals surface area contributed by atoms with Gasteiger partial charge in [0.05, 0.1) is 11.4 Å². The molecule has 1 saturated heterocycles. The van der Waals surface area contributed by atoms with E-state index in [9.17, 15) is 9.59 Å². The van der Waals surface area contributed by atoms with Crippen LogP contribution in [-0.4, -0.2) is 32.9 Å². The van der Waals surface area contributed by atoms with Crippen molar-refractivity contribution in [3.63, 3.8) is 0 Å². The molecule has 1 aliphatic rings. The average molecular weight is 524 g/mol. The van der Waals surface area contributed by atoms with Crippen LogP contribution < -0.4 is 5.32 Å². The number of hydrogen-bond donors (Lipinski definition) is 1. The average Bonchev–Trinajstić information content (AvgIpc) is 3.29. The van der Waals surface area contributed by atoms with Gasteiger partial charge in [0.25, 0.3) is 11.8 Å². The molecule has 7 heteroatoms. The number of benzene rings is 3. The molecular formula is C30H22ClN3O2S. The minimum absolute atomic E-state index is 0.000462. The molecule has 0 unspecified atom stereocenters. The highest BCUT2D eigenvalue weighted by atomic mass is 35.5. The maximum absolute atomic E-state index is 13.3. The van der Waals surface area contributed by atoms with Crippen molar-refractivity contribution in [2.45, 2.75) is 0 Å². The number of hydrogen-bond acceptors (Lipinski definition) is 3. The predicted molar refractivity (Wildman–Crippen MR) is 152 cm³/mol. The topological polar surface area (TPSA) is 54.3 Å². The number of rotatable bonds is 6. The van der Waals surface area contributed by atoms with E-state index in [1.54, 1.807) is 12.2 Å². The van der Waals surface area contributed by atoms with Gasteiger partial charge in [0.1, 0.15) is 5.57 Å². The maximum Gasteiger partial charge on any atom is 0.265 e. The molecule has 37 heavy (non-hydrogen) atoms. The molecular weight excluding hydrogens is 502 g/mol. The molecule has 0 spiro atoms. The molecule has 3 aromatic carbocycles. The fraction of sp³-hybridized carbons (Fsp3) is 0.0333. The van der Waals surface area contributed by atoms with E-state index in [0.717, 1.165) is 28.2 Å². The summed E-state index contributed by atoms with van der Waals surface area (Å²) in [6.45, 7) is 3.89. The van der Waals surface area contributed by atoms with Crippen molar-refractivity contribution in [1.29, 1.82) is 0 Å². The van der Waals surface area contributed by atoms with E-state index in [4.69, 9.17) is 23.8 Å². The molecule has 1 aromatic heterocycles. The van der Waals surface area contributed by atoms with Crippen molar-refractivity contribution in [2.75, 3.05) is 6.54 Å². The van der Waals surface area contributed by atoms with Gasteiger partial charge in [0, 0.05) is 22.8 Å². The van der Waals surface area contributed by atoms with Crippen LogP contribution in [0.2, 0.25) is 5.02 Å². The molecule has 0 saturated carbocycles. The smallest absolute Gasteiger partial charge is 0.265 e. The molecule has 2 heterocycles. The first-order valence-electron chi connectivity index (χ1n) is 11.6. The number of nitrogens with one attached hydrogen (secondary N) is 1. The first kappa shape index (κ1) is 24.4. The molecule has 5 rings (SSSR count). The molecule has 5 nitrogen and oxygen atoms in total. The summed E-state index contributed by atoms with van der Waals surface area (Å²) in [4.78, 5) is 27.5. The lowest BCUT2D eigenvalue weighted by atomic mass is 10.0. The molecule has 0 radical (unpaired) electrons. The van der Waals surface area contributed by atoms with E-state index in [1.807, 2.05) is 91.0 Å². The number of amides is 2. The number of carbonyl (C=O) groups excluding carboxylic acids is 2. The summed E-state index contributed by atoms with van der Waals surface area (Å²) in [7, 11) is 0. The SMILES string of the molecule is C=CCN1C(=O)/C(=C\c2cc(-c3ccccc3)n(-c3ccc(Cl)cc3)c2-c2ccccc2)C(=O)NC1=S. The number of carbonyl (C=O) groups is 2. The zero-order valence-corrected chi connectivity index (χ0v) is 21.3. The number of thiocarbonyl (C=S) groups is 1. The quantitative estimate of drug-likeness (QED) is 0.140. The molecule has 0 atom stereocenters. The first-order valence-corrected chi connectivity index (χ1v) is 12.4. The Morgan fingerprint density at radius 1 is 0.892 bits per heavy atom. The van der Waals surface area contributed by atoms with Crippen LogP contribution in [0.25, 0.3) is 34.3 Å². The summed E-state index contributed by atoms with van der Waals surface area (Å²) in [6, 6.07) is 29.4. The number of aromatic nitrogens is 1. The predicted octanol–water partition coefficient (Wildman–Crippen LogP) is 6.28. The third-order valence-electron chi connectivity index (χ3n) is 6.03. The van der Waals surface area contributed by atoms with Gasteiger partial charge in [-0.3, -0.25) is 19.8 Å². The van der Waals surface area contributed by atoms with Gasteiger partial charge in [-0.15, -0.1) is 6.58 Å². The monoisotopic (exact) mass is 523 g/mol. The highest BCUT2D eigenvalue weighted by molar-refractivity contribution is 7.80. The molecule has 2 amide bonds. The maximum atomic E-state index is 13.3. The molecule has 4 aromatic rings. The van der Waals surface area contributed by atoms with Gasteiger partial charge in [-0.1, -0.05) is 78.3 Å². The van der Waals surface area contributed by atoms with E-state index in [2.05, 4.69) is 16.5 Å². The van der Waals surface area contributed by atoms with Gasteiger partial charge in [-0.05, 0) is 59.8 Å². The van der Waals surface area contributed by atoms with Gasteiger partial charge in [-0.2, -0.15) is 0 Å². The Balaban J connectivity index is 1.80. The Kier molecular flexibility index (Phi) is 6.86. The van der Waals surface area contributed by atoms with E-state index < -0.39 is 11.8 Å². The Morgan fingerprint density at radius 2 is 1.51 bits per heavy atom. The van der Waals surface area contributed by atoms with Gasteiger partial charge >= 0.3 is 0 Å². The second-order valence-electron chi connectivity index (χ2n) is 8.40. The second-order valence-corrected chi connectivity index (χ2v) is 9.22. The Morgan fingerprint density at radius 3 is 2.14 bits per heavy atom. The van der Waals surface area contributed by atoms with Crippen molar-refractivity contribution in [2.24, 2.45) is 0 Å². The van der Waals surface area contributed by atoms with Crippen LogP contribution >= 0.6 is 23.8 Å². The molecule has 0 aliphatic carbocycles. The third-order valence-corrected chi connectivity index (χ3v) is 6.60. The zero-order valence-electron chi connectivity index (χ0n) is 19.7. The van der Waals surface area contributed by atoms with Crippen LogP contribution in [0.1, 0.15) is 5.56 Å². The second kappa shape index (κ2) is 10.4. The highest BCUT2D eigenvalue weighted by Gasteiger charge is 2.33. The molecule has 1 N–H and O–H groups in total. The number of nitrogens with zero attached hydrogens (tertiary/aromatic N) is 2. The molecule has 1 aliphatic heterocycles. The molecule has 1 fully saturated rings. The zero-order chi connectivity index (χ0) is 25.9. The Labute approximate surface area is 225 Å². The summed E-state index contributed by atoms with van der Waals surface area (Å²) < 4.78 is 2.12. The van der Waals surface area contributed by atoms with Crippen LogP contribution in [0.4, 0.5) is 0 Å². The Hall–Kier alpha value is -4.26. The minimum Gasteiger partial charge on any atom is -0.309 e. The van der Waals surface area contributed by atoms with E-state index >= 15 is 0 Å².